The van der Waals surface area contributed by atoms with E-state index in [1.54, 1.807) is 0 Å². The molecular formula is C24H30N2O4S. The zero-order valence-corrected chi connectivity index (χ0v) is 18.9. The summed E-state index contributed by atoms with van der Waals surface area (Å²) in [6, 6.07) is 17.4. The Morgan fingerprint density at radius 1 is 0.968 bits per heavy atom. The van der Waals surface area contributed by atoms with Crippen molar-refractivity contribution in [3.05, 3.63) is 60.2 Å². The summed E-state index contributed by atoms with van der Waals surface area (Å²) >= 11 is 5.21. The third-order valence-electron chi connectivity index (χ3n) is 4.25. The van der Waals surface area contributed by atoms with Crippen molar-refractivity contribution in [2.24, 2.45) is 0 Å². The van der Waals surface area contributed by atoms with Gasteiger partial charge in [0, 0.05) is 12.8 Å². The minimum Gasteiger partial charge on any atom is -0.489 e. The lowest BCUT2D eigenvalue weighted by atomic mass is 10.1. The molecule has 2 aromatic carbocycles. The number of carbonyl (C=O) groups is 2. The average Bonchev–Trinajstić information content (AvgIpc) is 2.73. The van der Waals surface area contributed by atoms with Crippen LogP contribution in [0.5, 0.6) is 5.75 Å². The van der Waals surface area contributed by atoms with Crippen molar-refractivity contribution in [2.45, 2.75) is 52.1 Å². The van der Waals surface area contributed by atoms with E-state index in [1.807, 2.05) is 56.3 Å². The Bertz CT molecular complexity index is 856. The van der Waals surface area contributed by atoms with Gasteiger partial charge in [-0.1, -0.05) is 42.5 Å². The first kappa shape index (κ1) is 24.3. The summed E-state index contributed by atoms with van der Waals surface area (Å²) in [7, 11) is 0. The van der Waals surface area contributed by atoms with Crippen LogP contribution in [0.4, 0.5) is 5.69 Å². The van der Waals surface area contributed by atoms with Crippen molar-refractivity contribution in [3.8, 4) is 5.75 Å². The molecule has 1 amide bonds. The van der Waals surface area contributed by atoms with Crippen LogP contribution in [-0.4, -0.2) is 29.7 Å². The number of ether oxygens (including phenoxy) is 2. The van der Waals surface area contributed by atoms with Crippen molar-refractivity contribution in [3.63, 3.8) is 0 Å². The molecule has 0 bridgehead atoms. The lowest BCUT2D eigenvalue weighted by Gasteiger charge is -2.16. The molecule has 0 heterocycles. The molecule has 0 spiro atoms. The molecule has 2 aromatic rings. The molecular weight excluding hydrogens is 412 g/mol. The second-order valence-electron chi connectivity index (χ2n) is 7.33. The number of nitrogens with one attached hydrogen (secondary N) is 2. The number of carbonyl (C=O) groups excluding carboxylic acids is 2. The summed E-state index contributed by atoms with van der Waals surface area (Å²) in [6.45, 7) is 4.25. The molecule has 0 fully saturated rings. The molecule has 0 radical (unpaired) electrons. The zero-order valence-electron chi connectivity index (χ0n) is 18.1. The van der Waals surface area contributed by atoms with E-state index in [1.165, 1.54) is 5.56 Å². The molecule has 166 valence electrons. The Balaban J connectivity index is 1.61. The van der Waals surface area contributed by atoms with Crippen molar-refractivity contribution in [1.29, 1.82) is 0 Å². The van der Waals surface area contributed by atoms with Crippen LogP contribution in [0, 0.1) is 0 Å². The van der Waals surface area contributed by atoms with E-state index in [0.29, 0.717) is 24.5 Å². The number of esters is 1. The molecule has 0 aromatic heterocycles. The van der Waals surface area contributed by atoms with E-state index in [9.17, 15) is 9.59 Å². The number of para-hydroxylation sites is 2. The van der Waals surface area contributed by atoms with Crippen molar-refractivity contribution >= 4 is 34.9 Å². The van der Waals surface area contributed by atoms with Crippen molar-refractivity contribution in [2.75, 3.05) is 11.9 Å². The van der Waals surface area contributed by atoms with E-state index >= 15 is 0 Å². The van der Waals surface area contributed by atoms with Gasteiger partial charge in [-0.25, -0.2) is 0 Å². The van der Waals surface area contributed by atoms with Gasteiger partial charge in [0.15, 0.2) is 5.11 Å². The molecule has 0 saturated carbocycles. The van der Waals surface area contributed by atoms with E-state index in [0.717, 1.165) is 12.8 Å². The minimum absolute atomic E-state index is 0.0178. The number of rotatable bonds is 11. The summed E-state index contributed by atoms with van der Waals surface area (Å²) in [6.07, 6.45) is 2.45. The summed E-state index contributed by atoms with van der Waals surface area (Å²) in [5.41, 5.74) is 1.90. The highest BCUT2D eigenvalue weighted by atomic mass is 32.1. The van der Waals surface area contributed by atoms with Crippen LogP contribution in [0.25, 0.3) is 0 Å². The Morgan fingerprint density at radius 3 is 2.42 bits per heavy atom. The Morgan fingerprint density at radius 2 is 1.68 bits per heavy atom. The van der Waals surface area contributed by atoms with Gasteiger partial charge in [0.1, 0.15) is 5.75 Å². The molecule has 6 nitrogen and oxygen atoms in total. The summed E-state index contributed by atoms with van der Waals surface area (Å²) < 4.78 is 10.9. The lowest BCUT2D eigenvalue weighted by molar-refractivity contribution is -0.143. The van der Waals surface area contributed by atoms with Crippen LogP contribution in [0.2, 0.25) is 0 Å². The van der Waals surface area contributed by atoms with Crippen LogP contribution in [0.3, 0.4) is 0 Å². The number of hydrogen-bond acceptors (Lipinski definition) is 5. The van der Waals surface area contributed by atoms with Crippen LogP contribution in [0.15, 0.2) is 54.6 Å². The largest absolute Gasteiger partial charge is 0.489 e. The smallest absolute Gasteiger partial charge is 0.305 e. The highest BCUT2D eigenvalue weighted by Gasteiger charge is 2.10. The van der Waals surface area contributed by atoms with Crippen molar-refractivity contribution < 1.29 is 19.1 Å². The predicted molar refractivity (Wildman–Crippen MR) is 126 cm³/mol. The zero-order chi connectivity index (χ0) is 22.5. The maximum absolute atomic E-state index is 12.1. The number of hydrogen-bond donors (Lipinski definition) is 2. The van der Waals surface area contributed by atoms with Crippen LogP contribution >= 0.6 is 12.2 Å². The van der Waals surface area contributed by atoms with E-state index in [4.69, 9.17) is 21.7 Å². The summed E-state index contributed by atoms with van der Waals surface area (Å²) in [5.74, 6) is 0.113. The van der Waals surface area contributed by atoms with Gasteiger partial charge in [0.25, 0.3) is 0 Å². The molecule has 7 heteroatoms. The molecule has 0 aliphatic carbocycles. The van der Waals surface area contributed by atoms with Gasteiger partial charge in [-0.15, -0.1) is 0 Å². The second-order valence-corrected chi connectivity index (χ2v) is 7.74. The van der Waals surface area contributed by atoms with E-state index in [2.05, 4.69) is 22.8 Å². The fourth-order valence-corrected chi connectivity index (χ4v) is 3.07. The average molecular weight is 443 g/mol. The minimum atomic E-state index is -0.290. The van der Waals surface area contributed by atoms with Gasteiger partial charge in [0.2, 0.25) is 5.91 Å². The predicted octanol–water partition coefficient (Wildman–Crippen LogP) is 4.63. The molecule has 31 heavy (non-hydrogen) atoms. The number of amides is 1. The first-order valence-corrected chi connectivity index (χ1v) is 10.9. The Labute approximate surface area is 189 Å². The quantitative estimate of drug-likeness (QED) is 0.300. The number of benzene rings is 2. The van der Waals surface area contributed by atoms with E-state index in [-0.39, 0.29) is 35.9 Å². The first-order valence-electron chi connectivity index (χ1n) is 10.5. The van der Waals surface area contributed by atoms with Gasteiger partial charge >= 0.3 is 5.97 Å². The van der Waals surface area contributed by atoms with Gasteiger partial charge in [-0.3, -0.25) is 9.59 Å². The SMILES string of the molecule is CC(C)Oc1ccccc1NC(=S)NC(=O)CCCC(=O)OCCCc1ccccc1. The number of aryl methyl sites for hydroxylation is 1. The summed E-state index contributed by atoms with van der Waals surface area (Å²) in [4.78, 5) is 23.9. The van der Waals surface area contributed by atoms with Gasteiger partial charge in [-0.05, 0) is 63.0 Å². The first-order chi connectivity index (χ1) is 14.9. The Kier molecular flexibility index (Phi) is 10.5. The van der Waals surface area contributed by atoms with Crippen LogP contribution < -0.4 is 15.4 Å². The maximum atomic E-state index is 12.1. The van der Waals surface area contributed by atoms with Crippen LogP contribution in [0.1, 0.15) is 45.1 Å². The summed E-state index contributed by atoms with van der Waals surface area (Å²) in [5, 5.41) is 5.79. The van der Waals surface area contributed by atoms with Gasteiger partial charge in [-0.2, -0.15) is 0 Å². The van der Waals surface area contributed by atoms with Gasteiger partial charge in [0.05, 0.1) is 18.4 Å². The van der Waals surface area contributed by atoms with E-state index < -0.39 is 0 Å². The number of anilines is 1. The third-order valence-corrected chi connectivity index (χ3v) is 4.46. The molecule has 0 saturated heterocycles. The van der Waals surface area contributed by atoms with Crippen molar-refractivity contribution in [1.82, 2.24) is 5.32 Å². The monoisotopic (exact) mass is 442 g/mol. The highest BCUT2D eigenvalue weighted by Crippen LogP contribution is 2.24. The van der Waals surface area contributed by atoms with Gasteiger partial charge < -0.3 is 20.1 Å². The lowest BCUT2D eigenvalue weighted by Crippen LogP contribution is -2.34. The fraction of sp³-hybridized carbons (Fsp3) is 0.375. The topological polar surface area (TPSA) is 76.7 Å². The highest BCUT2D eigenvalue weighted by molar-refractivity contribution is 7.80. The standard InChI is InChI=1S/C24H30N2O4S/c1-18(2)30-21-14-7-6-13-20(21)25-24(31)26-22(27)15-8-16-23(28)29-17-9-12-19-10-4-3-5-11-19/h3-7,10-11,13-14,18H,8-9,12,15-17H2,1-2H3,(H2,25,26,27,31). The molecule has 0 unspecified atom stereocenters. The molecule has 0 aliphatic heterocycles. The molecule has 2 rings (SSSR count). The second kappa shape index (κ2) is 13.4. The normalized spacial score (nSPS) is 10.4. The van der Waals surface area contributed by atoms with Crippen LogP contribution in [-0.2, 0) is 20.7 Å². The number of thiocarbonyl (C=S) groups is 1. The maximum Gasteiger partial charge on any atom is 0.305 e. The molecule has 2 N–H and O–H groups in total. The molecule has 0 atom stereocenters. The molecule has 0 aliphatic rings. The fourth-order valence-electron chi connectivity index (χ4n) is 2.84. The Hall–Kier alpha value is -2.93. The third kappa shape index (κ3) is 10.1.